The highest BCUT2D eigenvalue weighted by molar-refractivity contribution is 5.82. The second kappa shape index (κ2) is 4.12. The van der Waals surface area contributed by atoms with Crippen molar-refractivity contribution in [3.8, 4) is 0 Å². The van der Waals surface area contributed by atoms with Crippen LogP contribution in [0, 0.1) is 0 Å². The molecule has 0 fully saturated rings. The summed E-state index contributed by atoms with van der Waals surface area (Å²) in [6, 6.07) is 0. The lowest BCUT2D eigenvalue weighted by molar-refractivity contribution is -0.149. The van der Waals surface area contributed by atoms with E-state index in [1.165, 1.54) is 6.33 Å². The molecule has 2 heterocycles. The highest BCUT2D eigenvalue weighted by Crippen LogP contribution is 2.23. The standard InChI is InChI=1S/C11H14N4O2/c1-4-17-10(16)11(2,3)9-14-7-5-12-6-13-8(7)15-9/h5-6H,4H2,1-3H3,(H,12,13,14,15). The summed E-state index contributed by atoms with van der Waals surface area (Å²) in [5.74, 6) is 0.221. The van der Waals surface area contributed by atoms with Crippen molar-refractivity contribution in [2.24, 2.45) is 0 Å². The number of nitrogens with zero attached hydrogens (tertiary/aromatic N) is 3. The third-order valence-corrected chi connectivity index (χ3v) is 2.54. The first-order valence-corrected chi connectivity index (χ1v) is 5.39. The average molecular weight is 234 g/mol. The molecule has 1 N–H and O–H groups in total. The van der Waals surface area contributed by atoms with Gasteiger partial charge in [-0.15, -0.1) is 0 Å². The molecule has 2 aromatic rings. The van der Waals surface area contributed by atoms with Crippen molar-refractivity contribution in [3.63, 3.8) is 0 Å². The Morgan fingerprint density at radius 3 is 2.94 bits per heavy atom. The highest BCUT2D eigenvalue weighted by Gasteiger charge is 2.34. The first-order valence-electron chi connectivity index (χ1n) is 5.39. The van der Waals surface area contributed by atoms with E-state index in [0.717, 1.165) is 0 Å². The van der Waals surface area contributed by atoms with Crippen LogP contribution in [0.25, 0.3) is 11.2 Å². The van der Waals surface area contributed by atoms with E-state index in [1.807, 2.05) is 0 Å². The SMILES string of the molecule is CCOC(=O)C(C)(C)c1nc2ncncc2[nH]1. The van der Waals surface area contributed by atoms with E-state index in [4.69, 9.17) is 4.74 Å². The zero-order chi connectivity index (χ0) is 12.5. The molecule has 17 heavy (non-hydrogen) atoms. The van der Waals surface area contributed by atoms with E-state index in [0.29, 0.717) is 23.6 Å². The van der Waals surface area contributed by atoms with Crippen molar-refractivity contribution in [2.75, 3.05) is 6.61 Å². The molecule has 0 bridgehead atoms. The fraction of sp³-hybridized carbons (Fsp3) is 0.455. The minimum atomic E-state index is -0.823. The van der Waals surface area contributed by atoms with Crippen LogP contribution in [-0.4, -0.2) is 32.5 Å². The van der Waals surface area contributed by atoms with Gasteiger partial charge in [0.2, 0.25) is 0 Å². The Morgan fingerprint density at radius 2 is 2.29 bits per heavy atom. The van der Waals surface area contributed by atoms with E-state index < -0.39 is 5.41 Å². The van der Waals surface area contributed by atoms with Gasteiger partial charge in [0.25, 0.3) is 0 Å². The number of rotatable bonds is 3. The number of hydrogen-bond acceptors (Lipinski definition) is 5. The number of H-pyrrole nitrogens is 1. The molecule has 0 aliphatic rings. The first-order chi connectivity index (χ1) is 8.05. The largest absolute Gasteiger partial charge is 0.465 e. The summed E-state index contributed by atoms with van der Waals surface area (Å²) in [4.78, 5) is 27.0. The molecule has 6 heteroatoms. The molecule has 0 aliphatic heterocycles. The number of carbonyl (C=O) groups is 1. The first kappa shape index (κ1) is 11.5. The minimum absolute atomic E-state index is 0.313. The molecule has 0 saturated heterocycles. The van der Waals surface area contributed by atoms with Gasteiger partial charge in [0.05, 0.1) is 12.8 Å². The highest BCUT2D eigenvalue weighted by atomic mass is 16.5. The lowest BCUT2D eigenvalue weighted by Crippen LogP contribution is -2.32. The van der Waals surface area contributed by atoms with Crippen LogP contribution in [0.1, 0.15) is 26.6 Å². The van der Waals surface area contributed by atoms with Gasteiger partial charge in [0.15, 0.2) is 5.65 Å². The van der Waals surface area contributed by atoms with Gasteiger partial charge in [-0.3, -0.25) is 4.79 Å². The smallest absolute Gasteiger partial charge is 0.319 e. The maximum Gasteiger partial charge on any atom is 0.319 e. The zero-order valence-electron chi connectivity index (χ0n) is 10.0. The fourth-order valence-corrected chi connectivity index (χ4v) is 1.47. The molecular weight excluding hydrogens is 220 g/mol. The van der Waals surface area contributed by atoms with Crippen LogP contribution < -0.4 is 0 Å². The Balaban J connectivity index is 2.41. The lowest BCUT2D eigenvalue weighted by atomic mass is 9.93. The van der Waals surface area contributed by atoms with E-state index in [-0.39, 0.29) is 5.97 Å². The van der Waals surface area contributed by atoms with E-state index in [2.05, 4.69) is 19.9 Å². The van der Waals surface area contributed by atoms with Crippen LogP contribution in [0.5, 0.6) is 0 Å². The van der Waals surface area contributed by atoms with E-state index in [1.54, 1.807) is 27.0 Å². The van der Waals surface area contributed by atoms with Crippen molar-refractivity contribution in [1.82, 2.24) is 19.9 Å². The normalized spacial score (nSPS) is 11.7. The Hall–Kier alpha value is -1.98. The van der Waals surface area contributed by atoms with Gasteiger partial charge in [-0.05, 0) is 20.8 Å². The summed E-state index contributed by atoms with van der Waals surface area (Å²) >= 11 is 0. The van der Waals surface area contributed by atoms with Crippen LogP contribution in [0.4, 0.5) is 0 Å². The van der Waals surface area contributed by atoms with E-state index >= 15 is 0 Å². The Bertz CT molecular complexity index is 514. The van der Waals surface area contributed by atoms with Gasteiger partial charge in [-0.1, -0.05) is 0 Å². The van der Waals surface area contributed by atoms with Crippen LogP contribution in [0.2, 0.25) is 0 Å². The molecule has 90 valence electrons. The van der Waals surface area contributed by atoms with Gasteiger partial charge in [-0.2, -0.15) is 0 Å². The quantitative estimate of drug-likeness (QED) is 0.807. The fourth-order valence-electron chi connectivity index (χ4n) is 1.47. The Labute approximate surface area is 98.4 Å². The summed E-state index contributed by atoms with van der Waals surface area (Å²) in [6.45, 7) is 5.65. The number of carbonyl (C=O) groups excluding carboxylic acids is 1. The van der Waals surface area contributed by atoms with Crippen molar-refractivity contribution in [1.29, 1.82) is 0 Å². The minimum Gasteiger partial charge on any atom is -0.465 e. The number of ether oxygens (including phenoxy) is 1. The predicted octanol–water partition coefficient (Wildman–Crippen LogP) is 1.19. The van der Waals surface area contributed by atoms with Crippen molar-refractivity contribution < 1.29 is 9.53 Å². The number of fused-ring (bicyclic) bond motifs is 1. The molecular formula is C11H14N4O2. The maximum absolute atomic E-state index is 11.8. The van der Waals surface area contributed by atoms with Crippen molar-refractivity contribution in [3.05, 3.63) is 18.3 Å². The van der Waals surface area contributed by atoms with Crippen LogP contribution in [0.15, 0.2) is 12.5 Å². The van der Waals surface area contributed by atoms with Crippen LogP contribution in [-0.2, 0) is 14.9 Å². The van der Waals surface area contributed by atoms with Crippen LogP contribution in [0.3, 0.4) is 0 Å². The van der Waals surface area contributed by atoms with Gasteiger partial charge < -0.3 is 9.72 Å². The molecule has 6 nitrogen and oxygen atoms in total. The second-order valence-corrected chi connectivity index (χ2v) is 4.19. The number of aromatic nitrogens is 4. The molecule has 0 aromatic carbocycles. The third-order valence-electron chi connectivity index (χ3n) is 2.54. The summed E-state index contributed by atoms with van der Waals surface area (Å²) in [6.07, 6.45) is 3.05. The predicted molar refractivity (Wildman–Crippen MR) is 61.3 cm³/mol. The summed E-state index contributed by atoms with van der Waals surface area (Å²) in [7, 11) is 0. The average Bonchev–Trinajstić information content (AvgIpc) is 2.73. The van der Waals surface area contributed by atoms with Gasteiger partial charge >= 0.3 is 5.97 Å². The topological polar surface area (TPSA) is 80.8 Å². The number of hydrogen-bond donors (Lipinski definition) is 1. The lowest BCUT2D eigenvalue weighted by Gasteiger charge is -2.19. The zero-order valence-corrected chi connectivity index (χ0v) is 10.0. The number of imidazole rings is 1. The molecule has 0 radical (unpaired) electrons. The van der Waals surface area contributed by atoms with Gasteiger partial charge in [-0.25, -0.2) is 15.0 Å². The monoisotopic (exact) mass is 234 g/mol. The summed E-state index contributed by atoms with van der Waals surface area (Å²) in [5, 5.41) is 0. The molecule has 0 atom stereocenters. The molecule has 2 aromatic heterocycles. The molecule has 0 aliphatic carbocycles. The number of esters is 1. The number of nitrogens with one attached hydrogen (secondary N) is 1. The van der Waals surface area contributed by atoms with E-state index in [9.17, 15) is 4.79 Å². The Kier molecular flexibility index (Phi) is 2.79. The van der Waals surface area contributed by atoms with Crippen molar-refractivity contribution >= 4 is 17.1 Å². The van der Waals surface area contributed by atoms with Crippen LogP contribution >= 0.6 is 0 Å². The van der Waals surface area contributed by atoms with Gasteiger partial charge in [0, 0.05) is 0 Å². The molecule has 0 amide bonds. The molecule has 0 spiro atoms. The summed E-state index contributed by atoms with van der Waals surface area (Å²) in [5.41, 5.74) is 0.434. The number of aromatic amines is 1. The maximum atomic E-state index is 11.8. The van der Waals surface area contributed by atoms with Crippen molar-refractivity contribution in [2.45, 2.75) is 26.2 Å². The third kappa shape index (κ3) is 1.98. The molecule has 0 unspecified atom stereocenters. The molecule has 2 rings (SSSR count). The Morgan fingerprint density at radius 1 is 1.53 bits per heavy atom. The second-order valence-electron chi connectivity index (χ2n) is 4.19. The summed E-state index contributed by atoms with van der Waals surface area (Å²) < 4.78 is 5.02. The van der Waals surface area contributed by atoms with Gasteiger partial charge in [0.1, 0.15) is 23.1 Å². The molecule has 0 saturated carbocycles.